The number of nitrogens with zero attached hydrogens (tertiary/aromatic N) is 1. The van der Waals surface area contributed by atoms with Gasteiger partial charge in [-0.1, -0.05) is 12.1 Å². The van der Waals surface area contributed by atoms with Crippen LogP contribution in [0.15, 0.2) is 24.3 Å². The van der Waals surface area contributed by atoms with Crippen LogP contribution in [0.4, 0.5) is 5.82 Å². The Morgan fingerprint density at radius 1 is 1.48 bits per heavy atom. The van der Waals surface area contributed by atoms with Gasteiger partial charge in [-0.15, -0.1) is 0 Å². The van der Waals surface area contributed by atoms with Crippen LogP contribution in [0.3, 0.4) is 0 Å². The van der Waals surface area contributed by atoms with E-state index in [-0.39, 0.29) is 5.91 Å². The molecule has 1 amide bonds. The number of aromatic nitrogens is 2. The Kier molecular flexibility index (Phi) is 3.16. The molecule has 4 N–H and O–H groups in total. The number of H-pyrrole nitrogens is 1. The molecule has 23 heavy (non-hydrogen) atoms. The summed E-state index contributed by atoms with van der Waals surface area (Å²) >= 11 is 0. The highest BCUT2D eigenvalue weighted by Gasteiger charge is 2.43. The molecule has 0 radical (unpaired) electrons. The van der Waals surface area contributed by atoms with Gasteiger partial charge in [0.15, 0.2) is 5.82 Å². The van der Waals surface area contributed by atoms with Gasteiger partial charge < -0.3 is 15.8 Å². The normalized spacial score (nSPS) is 22.7. The van der Waals surface area contributed by atoms with Gasteiger partial charge >= 0.3 is 0 Å². The summed E-state index contributed by atoms with van der Waals surface area (Å²) in [5.41, 5.74) is 8.36. The van der Waals surface area contributed by atoms with Gasteiger partial charge in [0.25, 0.3) is 0 Å². The van der Waals surface area contributed by atoms with Gasteiger partial charge in [-0.3, -0.25) is 9.89 Å². The lowest BCUT2D eigenvalue weighted by atomic mass is 9.92. The average molecular weight is 312 g/mol. The molecule has 2 aromatic rings. The number of hydrogen-bond donors (Lipinski definition) is 3. The Balaban J connectivity index is 1.59. The highest BCUT2D eigenvalue weighted by atomic mass is 16.5. The Bertz CT molecular complexity index is 766. The van der Waals surface area contributed by atoms with Crippen molar-refractivity contribution in [3.63, 3.8) is 0 Å². The predicted octanol–water partition coefficient (Wildman–Crippen LogP) is 2.03. The number of benzene rings is 1. The number of anilines is 1. The van der Waals surface area contributed by atoms with E-state index in [1.54, 1.807) is 7.11 Å². The minimum absolute atomic E-state index is 0.224. The van der Waals surface area contributed by atoms with Crippen LogP contribution in [0.2, 0.25) is 0 Å². The topological polar surface area (TPSA) is 93.0 Å². The van der Waals surface area contributed by atoms with Gasteiger partial charge in [-0.05, 0) is 42.9 Å². The van der Waals surface area contributed by atoms with Crippen molar-refractivity contribution < 1.29 is 9.53 Å². The number of methoxy groups -OCH3 is 1. The number of nitrogens with two attached hydrogens (primary N) is 1. The Hall–Kier alpha value is -2.34. The molecule has 1 heterocycles. The zero-order valence-electron chi connectivity index (χ0n) is 13.1. The third kappa shape index (κ3) is 2.30. The number of fused-ring (bicyclic) bond motifs is 1. The van der Waals surface area contributed by atoms with E-state index in [9.17, 15) is 4.79 Å². The number of nitrogens with one attached hydrogen (secondary N) is 2. The van der Waals surface area contributed by atoms with Crippen LogP contribution >= 0.6 is 0 Å². The summed E-state index contributed by atoms with van der Waals surface area (Å²) in [6.45, 7) is 0. The number of carbonyl (C=O) groups is 1. The van der Waals surface area contributed by atoms with Gasteiger partial charge in [0.05, 0.1) is 7.11 Å². The molecule has 0 spiro atoms. The number of rotatable bonds is 4. The van der Waals surface area contributed by atoms with Gasteiger partial charge in [0, 0.05) is 17.7 Å². The highest BCUT2D eigenvalue weighted by Crippen LogP contribution is 2.41. The first-order valence-corrected chi connectivity index (χ1v) is 7.94. The van der Waals surface area contributed by atoms with Crippen molar-refractivity contribution >= 4 is 11.7 Å². The second-order valence-electron chi connectivity index (χ2n) is 6.39. The summed E-state index contributed by atoms with van der Waals surface area (Å²) in [7, 11) is 1.63. The molecule has 2 aliphatic rings. The van der Waals surface area contributed by atoms with Crippen LogP contribution < -0.4 is 15.8 Å². The summed E-state index contributed by atoms with van der Waals surface area (Å²) in [4.78, 5) is 12.8. The summed E-state index contributed by atoms with van der Waals surface area (Å²) < 4.78 is 5.38. The molecule has 120 valence electrons. The lowest BCUT2D eigenvalue weighted by Gasteiger charge is -2.23. The molecule has 1 aromatic heterocycles. The van der Waals surface area contributed by atoms with Crippen LogP contribution in [-0.2, 0) is 16.8 Å². The monoisotopic (exact) mass is 312 g/mol. The summed E-state index contributed by atoms with van der Waals surface area (Å²) in [5, 5.41) is 10.0. The molecule has 0 saturated heterocycles. The molecule has 0 bridgehead atoms. The number of ether oxygens (including phenoxy) is 1. The molecule has 1 aromatic carbocycles. The Morgan fingerprint density at radius 3 is 3.04 bits per heavy atom. The van der Waals surface area contributed by atoms with Gasteiger partial charge in [-0.25, -0.2) is 0 Å². The van der Waals surface area contributed by atoms with E-state index in [1.807, 2.05) is 24.3 Å². The number of carbonyl (C=O) groups excluding carboxylic acids is 1. The fourth-order valence-corrected chi connectivity index (χ4v) is 3.36. The van der Waals surface area contributed by atoms with E-state index >= 15 is 0 Å². The van der Waals surface area contributed by atoms with Crippen molar-refractivity contribution in [2.24, 2.45) is 5.73 Å². The second kappa shape index (κ2) is 5.09. The van der Waals surface area contributed by atoms with Crippen molar-refractivity contribution in [3.8, 4) is 5.75 Å². The molecule has 1 saturated carbocycles. The van der Waals surface area contributed by atoms with E-state index < -0.39 is 5.54 Å². The Labute approximate surface area is 134 Å². The maximum absolute atomic E-state index is 12.8. The molecule has 2 aliphatic carbocycles. The molecule has 6 nitrogen and oxygen atoms in total. The first-order chi connectivity index (χ1) is 11.1. The standard InChI is InChI=1S/C17H20N4O2/c1-23-14-4-2-3-12-11(14)7-8-17(12,18)16(22)19-15-9-13(20-21-15)10-5-6-10/h2-4,9-10H,5-8,18H2,1H3,(H2,19,20,21,22). The third-order valence-corrected chi connectivity index (χ3v) is 4.86. The minimum atomic E-state index is -1.04. The first-order valence-electron chi connectivity index (χ1n) is 7.94. The van der Waals surface area contributed by atoms with Crippen LogP contribution in [0.1, 0.15) is 42.0 Å². The maximum Gasteiger partial charge on any atom is 0.250 e. The summed E-state index contributed by atoms with van der Waals surface area (Å²) in [6, 6.07) is 7.58. The van der Waals surface area contributed by atoms with Crippen molar-refractivity contribution in [1.82, 2.24) is 10.2 Å². The van der Waals surface area contributed by atoms with Gasteiger partial charge in [-0.2, -0.15) is 5.10 Å². The van der Waals surface area contributed by atoms with E-state index in [0.29, 0.717) is 18.2 Å². The Morgan fingerprint density at radius 2 is 2.30 bits per heavy atom. The molecular formula is C17H20N4O2. The molecule has 4 rings (SSSR count). The smallest absolute Gasteiger partial charge is 0.250 e. The number of hydrogen-bond acceptors (Lipinski definition) is 4. The number of aromatic amines is 1. The van der Waals surface area contributed by atoms with E-state index in [4.69, 9.17) is 10.5 Å². The first kappa shape index (κ1) is 14.3. The fourth-order valence-electron chi connectivity index (χ4n) is 3.36. The number of amides is 1. The predicted molar refractivity (Wildman–Crippen MR) is 86.4 cm³/mol. The zero-order chi connectivity index (χ0) is 16.0. The highest BCUT2D eigenvalue weighted by molar-refractivity contribution is 5.99. The maximum atomic E-state index is 12.8. The lowest BCUT2D eigenvalue weighted by molar-refractivity contribution is -0.121. The third-order valence-electron chi connectivity index (χ3n) is 4.86. The van der Waals surface area contributed by atoms with Crippen LogP contribution in [0.5, 0.6) is 5.75 Å². The van der Waals surface area contributed by atoms with E-state index in [1.165, 1.54) is 12.8 Å². The molecule has 0 aliphatic heterocycles. The lowest BCUT2D eigenvalue weighted by Crippen LogP contribution is -2.46. The van der Waals surface area contributed by atoms with Crippen LogP contribution in [0.25, 0.3) is 0 Å². The van der Waals surface area contributed by atoms with Gasteiger partial charge in [0.2, 0.25) is 5.91 Å². The summed E-state index contributed by atoms with van der Waals surface area (Å²) in [6.07, 6.45) is 3.67. The van der Waals surface area contributed by atoms with Crippen molar-refractivity contribution in [2.75, 3.05) is 12.4 Å². The SMILES string of the molecule is COc1cccc2c1CCC2(N)C(=O)Nc1cc(C2CC2)[nH]n1. The molecule has 1 atom stereocenters. The quantitative estimate of drug-likeness (QED) is 0.805. The largest absolute Gasteiger partial charge is 0.496 e. The van der Waals surface area contributed by atoms with Crippen molar-refractivity contribution in [1.29, 1.82) is 0 Å². The van der Waals surface area contributed by atoms with E-state index in [2.05, 4.69) is 15.5 Å². The van der Waals surface area contributed by atoms with Gasteiger partial charge in [0.1, 0.15) is 11.3 Å². The fraction of sp³-hybridized carbons (Fsp3) is 0.412. The average Bonchev–Trinajstić information content (AvgIpc) is 3.21. The van der Waals surface area contributed by atoms with Crippen molar-refractivity contribution in [2.45, 2.75) is 37.1 Å². The summed E-state index contributed by atoms with van der Waals surface area (Å²) in [5.74, 6) is 1.67. The van der Waals surface area contributed by atoms with E-state index in [0.717, 1.165) is 29.0 Å². The molecule has 6 heteroatoms. The van der Waals surface area contributed by atoms with Crippen LogP contribution in [0, 0.1) is 0 Å². The minimum Gasteiger partial charge on any atom is -0.496 e. The second-order valence-corrected chi connectivity index (χ2v) is 6.39. The van der Waals surface area contributed by atoms with Crippen LogP contribution in [-0.4, -0.2) is 23.2 Å². The molecular weight excluding hydrogens is 292 g/mol. The zero-order valence-corrected chi connectivity index (χ0v) is 13.1. The molecule has 1 fully saturated rings. The molecule has 1 unspecified atom stereocenters. The van der Waals surface area contributed by atoms with Crippen molar-refractivity contribution in [3.05, 3.63) is 41.1 Å².